The van der Waals surface area contributed by atoms with Gasteiger partial charge in [-0.05, 0) is 13.8 Å². The van der Waals surface area contributed by atoms with E-state index in [-0.39, 0.29) is 24.7 Å². The molecule has 3 atom stereocenters. The normalized spacial score (nSPS) is 26.0. The Labute approximate surface area is 151 Å². The molecule has 2 saturated heterocycles. The highest BCUT2D eigenvalue weighted by molar-refractivity contribution is 5.76. The van der Waals surface area contributed by atoms with Crippen LogP contribution in [0.5, 0.6) is 0 Å². The van der Waals surface area contributed by atoms with Crippen molar-refractivity contribution in [3.8, 4) is 0 Å². The molecule has 0 bridgehead atoms. The summed E-state index contributed by atoms with van der Waals surface area (Å²) in [4.78, 5) is 31.3. The fourth-order valence-electron chi connectivity index (χ4n) is 1.92. The molecule has 2 heterocycles. The van der Waals surface area contributed by atoms with E-state index in [1.54, 1.807) is 6.92 Å². The highest BCUT2D eigenvalue weighted by atomic mass is 16.6. The first-order valence-corrected chi connectivity index (χ1v) is 9.02. The lowest BCUT2D eigenvalue weighted by molar-refractivity contribution is -0.172. The molecule has 0 saturated carbocycles. The SMILES string of the molecule is CC.CC.CC.CC1CC(O)(CC(=O)O)CC(=O)O1.CC1COC1=O. The zero-order valence-electron chi connectivity index (χ0n) is 16.9. The van der Waals surface area contributed by atoms with Gasteiger partial charge in [0.25, 0.3) is 0 Å². The van der Waals surface area contributed by atoms with Crippen molar-refractivity contribution in [3.63, 3.8) is 0 Å². The Morgan fingerprint density at radius 2 is 1.56 bits per heavy atom. The molecule has 25 heavy (non-hydrogen) atoms. The van der Waals surface area contributed by atoms with E-state index in [4.69, 9.17) is 9.84 Å². The van der Waals surface area contributed by atoms with Gasteiger partial charge < -0.3 is 19.7 Å². The number of carboxylic acids is 1. The number of aliphatic carboxylic acids is 1. The van der Waals surface area contributed by atoms with Crippen LogP contribution in [0.1, 0.15) is 74.7 Å². The molecule has 7 nitrogen and oxygen atoms in total. The van der Waals surface area contributed by atoms with Gasteiger partial charge in [0, 0.05) is 6.42 Å². The average molecular weight is 364 g/mol. The highest BCUT2D eigenvalue weighted by Crippen LogP contribution is 2.28. The van der Waals surface area contributed by atoms with E-state index in [9.17, 15) is 19.5 Å². The van der Waals surface area contributed by atoms with Crippen LogP contribution in [-0.2, 0) is 23.9 Å². The summed E-state index contributed by atoms with van der Waals surface area (Å²) in [7, 11) is 0. The van der Waals surface area contributed by atoms with Gasteiger partial charge in [0.15, 0.2) is 0 Å². The van der Waals surface area contributed by atoms with Crippen LogP contribution in [-0.4, -0.2) is 46.4 Å². The molecular formula is C18H36O7. The van der Waals surface area contributed by atoms with Crippen LogP contribution in [0.3, 0.4) is 0 Å². The van der Waals surface area contributed by atoms with Gasteiger partial charge in [0.05, 0.1) is 24.4 Å². The van der Waals surface area contributed by atoms with E-state index in [2.05, 4.69) is 4.74 Å². The summed E-state index contributed by atoms with van der Waals surface area (Å²) in [5.41, 5.74) is -1.43. The molecule has 2 N–H and O–H groups in total. The second-order valence-electron chi connectivity index (χ2n) is 5.01. The number of carboxylic acid groups (broad SMARTS) is 1. The van der Waals surface area contributed by atoms with E-state index in [1.165, 1.54) is 0 Å². The summed E-state index contributed by atoms with van der Waals surface area (Å²) in [6.45, 7) is 16.1. The van der Waals surface area contributed by atoms with Crippen molar-refractivity contribution < 1.29 is 34.1 Å². The van der Waals surface area contributed by atoms with Crippen molar-refractivity contribution in [2.45, 2.75) is 86.4 Å². The Morgan fingerprint density at radius 3 is 1.80 bits per heavy atom. The van der Waals surface area contributed by atoms with Crippen molar-refractivity contribution in [2.75, 3.05) is 6.61 Å². The Balaban J connectivity index is -0.000000337. The van der Waals surface area contributed by atoms with Gasteiger partial charge in [-0.15, -0.1) is 0 Å². The Kier molecular flexibility index (Phi) is 17.9. The van der Waals surface area contributed by atoms with Crippen LogP contribution >= 0.6 is 0 Å². The van der Waals surface area contributed by atoms with E-state index in [0.717, 1.165) is 0 Å². The third-order valence-electron chi connectivity index (χ3n) is 2.83. The molecule has 0 aromatic heterocycles. The van der Waals surface area contributed by atoms with Crippen LogP contribution in [0, 0.1) is 5.92 Å². The lowest BCUT2D eigenvalue weighted by Gasteiger charge is -2.33. The molecule has 0 radical (unpaired) electrons. The predicted octanol–water partition coefficient (Wildman–Crippen LogP) is 3.18. The maximum Gasteiger partial charge on any atom is 0.312 e. The zero-order valence-corrected chi connectivity index (χ0v) is 16.9. The van der Waals surface area contributed by atoms with Gasteiger partial charge in [-0.2, -0.15) is 0 Å². The number of carbonyl (C=O) groups is 3. The second-order valence-corrected chi connectivity index (χ2v) is 5.01. The lowest BCUT2D eigenvalue weighted by atomic mass is 9.87. The number of carbonyl (C=O) groups excluding carboxylic acids is 2. The van der Waals surface area contributed by atoms with Crippen LogP contribution in [0.25, 0.3) is 0 Å². The van der Waals surface area contributed by atoms with E-state index in [1.807, 2.05) is 48.5 Å². The van der Waals surface area contributed by atoms with Crippen LogP contribution < -0.4 is 0 Å². The molecule has 7 heteroatoms. The fourth-order valence-corrected chi connectivity index (χ4v) is 1.92. The molecule has 3 unspecified atom stereocenters. The minimum atomic E-state index is -1.43. The molecule has 0 amide bonds. The first-order chi connectivity index (χ1) is 11.7. The van der Waals surface area contributed by atoms with Crippen molar-refractivity contribution in [3.05, 3.63) is 0 Å². The van der Waals surface area contributed by atoms with Gasteiger partial charge >= 0.3 is 17.9 Å². The largest absolute Gasteiger partial charge is 0.481 e. The van der Waals surface area contributed by atoms with Gasteiger partial charge in [-0.25, -0.2) is 0 Å². The summed E-state index contributed by atoms with van der Waals surface area (Å²) in [6.07, 6.45) is -0.869. The second kappa shape index (κ2) is 15.9. The van der Waals surface area contributed by atoms with Crippen molar-refractivity contribution in [1.82, 2.24) is 0 Å². The van der Waals surface area contributed by atoms with E-state index < -0.39 is 30.1 Å². The van der Waals surface area contributed by atoms with Crippen molar-refractivity contribution >= 4 is 17.9 Å². The molecular weight excluding hydrogens is 328 g/mol. The minimum absolute atomic E-state index is 0.0602. The number of cyclic esters (lactones) is 2. The summed E-state index contributed by atoms with van der Waals surface area (Å²) < 4.78 is 9.18. The van der Waals surface area contributed by atoms with Gasteiger partial charge in [-0.3, -0.25) is 14.4 Å². The summed E-state index contributed by atoms with van der Waals surface area (Å²) in [6, 6.07) is 0. The standard InChI is InChI=1S/C8H12O5.C4H6O2.3C2H6/c1-5-2-8(12,3-6(9)10)4-7(11)13-5;1-3-2-6-4(3)5;3*1-2/h5,12H,2-4H2,1H3,(H,9,10);3H,2H2,1H3;3*1-2H3. The van der Waals surface area contributed by atoms with Crippen LogP contribution in [0.2, 0.25) is 0 Å². The zero-order chi connectivity index (χ0) is 20.6. The first-order valence-electron chi connectivity index (χ1n) is 9.02. The smallest absolute Gasteiger partial charge is 0.312 e. The maximum atomic E-state index is 10.9. The molecule has 0 aliphatic carbocycles. The molecule has 2 aliphatic heterocycles. The molecule has 0 aromatic carbocycles. The van der Waals surface area contributed by atoms with Crippen molar-refractivity contribution in [2.24, 2.45) is 5.92 Å². The number of rotatable bonds is 2. The fraction of sp³-hybridized carbons (Fsp3) is 0.833. The highest BCUT2D eigenvalue weighted by Gasteiger charge is 2.39. The topological polar surface area (TPSA) is 110 Å². The molecule has 0 spiro atoms. The Bertz CT molecular complexity index is 378. The lowest BCUT2D eigenvalue weighted by Crippen LogP contribution is -2.43. The molecule has 2 fully saturated rings. The first kappa shape index (κ1) is 28.2. The van der Waals surface area contributed by atoms with Gasteiger partial charge in [0.2, 0.25) is 0 Å². The Hall–Kier alpha value is -1.63. The third-order valence-corrected chi connectivity index (χ3v) is 2.83. The van der Waals surface area contributed by atoms with Crippen molar-refractivity contribution in [1.29, 1.82) is 0 Å². The minimum Gasteiger partial charge on any atom is -0.481 e. The van der Waals surface area contributed by atoms with E-state index in [0.29, 0.717) is 6.61 Å². The predicted molar refractivity (Wildman–Crippen MR) is 96.2 cm³/mol. The molecule has 2 rings (SSSR count). The maximum absolute atomic E-state index is 10.9. The quantitative estimate of drug-likeness (QED) is 0.724. The third kappa shape index (κ3) is 13.3. The number of aliphatic hydroxyl groups is 1. The molecule has 2 aliphatic rings. The van der Waals surface area contributed by atoms with Gasteiger partial charge in [-0.1, -0.05) is 41.5 Å². The number of hydrogen-bond acceptors (Lipinski definition) is 6. The number of ether oxygens (including phenoxy) is 2. The molecule has 0 aromatic rings. The monoisotopic (exact) mass is 364 g/mol. The summed E-state index contributed by atoms with van der Waals surface area (Å²) in [5.74, 6) is -1.54. The summed E-state index contributed by atoms with van der Waals surface area (Å²) in [5, 5.41) is 18.2. The Morgan fingerprint density at radius 1 is 1.12 bits per heavy atom. The average Bonchev–Trinajstić information content (AvgIpc) is 2.56. The number of hydrogen-bond donors (Lipinski definition) is 2. The summed E-state index contributed by atoms with van der Waals surface area (Å²) >= 11 is 0. The van der Waals surface area contributed by atoms with E-state index >= 15 is 0 Å². The number of esters is 2. The molecule has 150 valence electrons. The van der Waals surface area contributed by atoms with Crippen LogP contribution in [0.4, 0.5) is 0 Å². The van der Waals surface area contributed by atoms with Gasteiger partial charge in [0.1, 0.15) is 12.7 Å². The van der Waals surface area contributed by atoms with Crippen LogP contribution in [0.15, 0.2) is 0 Å².